The summed E-state index contributed by atoms with van der Waals surface area (Å²) in [4.78, 5) is 22.9. The van der Waals surface area contributed by atoms with Gasteiger partial charge in [-0.25, -0.2) is 0 Å². The molecule has 0 atom stereocenters. The van der Waals surface area contributed by atoms with Gasteiger partial charge in [-0.05, 0) is 32.1 Å². The van der Waals surface area contributed by atoms with Crippen molar-refractivity contribution in [1.82, 2.24) is 10.6 Å². The molecule has 0 aromatic heterocycles. The van der Waals surface area contributed by atoms with Crippen LogP contribution in [0.15, 0.2) is 24.3 Å². The number of phenols is 1. The van der Waals surface area contributed by atoms with Crippen LogP contribution in [0.4, 0.5) is 5.69 Å². The Kier molecular flexibility index (Phi) is 5.66. The predicted molar refractivity (Wildman–Crippen MR) is 68.3 cm³/mol. The zero-order valence-corrected chi connectivity index (χ0v) is 10.2. The fourth-order valence-electron chi connectivity index (χ4n) is 1.32. The molecule has 0 unspecified atom stereocenters. The van der Waals surface area contributed by atoms with Gasteiger partial charge in [-0.15, -0.1) is 0 Å². The number of phenolic OH excluding ortho intramolecular Hbond substituents is 1. The molecule has 0 spiro atoms. The fraction of sp³-hybridized carbons (Fsp3) is 0.333. The second-order valence-electron chi connectivity index (χ2n) is 3.72. The summed E-state index contributed by atoms with van der Waals surface area (Å²) >= 11 is 0. The van der Waals surface area contributed by atoms with Crippen molar-refractivity contribution in [3.05, 3.63) is 24.3 Å². The van der Waals surface area contributed by atoms with E-state index in [9.17, 15) is 14.7 Å². The molecule has 1 aromatic carbocycles. The second kappa shape index (κ2) is 7.29. The lowest BCUT2D eigenvalue weighted by Gasteiger charge is -2.06. The summed E-state index contributed by atoms with van der Waals surface area (Å²) < 4.78 is 0. The third kappa shape index (κ3) is 4.84. The van der Waals surface area contributed by atoms with Crippen LogP contribution in [-0.2, 0) is 9.59 Å². The highest BCUT2D eigenvalue weighted by Gasteiger charge is 2.12. The molecule has 0 radical (unpaired) electrons. The number of anilines is 1. The average Bonchev–Trinajstić information content (AvgIpc) is 2.34. The van der Waals surface area contributed by atoms with Crippen molar-refractivity contribution in [1.29, 1.82) is 0 Å². The number of rotatable bonds is 5. The predicted octanol–water partition coefficient (Wildman–Crippen LogP) is 0.0564. The van der Waals surface area contributed by atoms with Gasteiger partial charge in [-0.3, -0.25) is 9.59 Å². The van der Waals surface area contributed by atoms with E-state index in [1.54, 1.807) is 12.1 Å². The highest BCUT2D eigenvalue weighted by molar-refractivity contribution is 6.39. The normalized spacial score (nSPS) is 9.83. The lowest BCUT2D eigenvalue weighted by molar-refractivity contribution is -0.136. The zero-order chi connectivity index (χ0) is 13.4. The summed E-state index contributed by atoms with van der Waals surface area (Å²) in [5, 5.41) is 17.0. The Bertz CT molecular complexity index is 421. The molecule has 0 heterocycles. The number of carbonyl (C=O) groups is 2. The Morgan fingerprint density at radius 1 is 1.22 bits per heavy atom. The Labute approximate surface area is 105 Å². The van der Waals surface area contributed by atoms with Crippen molar-refractivity contribution >= 4 is 17.5 Å². The molecule has 4 N–H and O–H groups in total. The third-order valence-corrected chi connectivity index (χ3v) is 2.20. The quantitative estimate of drug-likeness (QED) is 0.440. The monoisotopic (exact) mass is 251 g/mol. The molecule has 98 valence electrons. The van der Waals surface area contributed by atoms with E-state index in [1.807, 2.05) is 7.05 Å². The summed E-state index contributed by atoms with van der Waals surface area (Å²) in [5.41, 5.74) is 0.380. The Morgan fingerprint density at radius 3 is 2.67 bits per heavy atom. The molecule has 0 saturated heterocycles. The molecule has 0 aliphatic rings. The molecule has 1 rings (SSSR count). The van der Waals surface area contributed by atoms with Gasteiger partial charge in [0.15, 0.2) is 0 Å². The van der Waals surface area contributed by atoms with E-state index in [0.717, 1.165) is 13.0 Å². The topological polar surface area (TPSA) is 90.5 Å². The second-order valence-corrected chi connectivity index (χ2v) is 3.72. The molecule has 0 aliphatic heterocycles. The number of amides is 2. The Morgan fingerprint density at radius 2 is 2.00 bits per heavy atom. The lowest BCUT2D eigenvalue weighted by Crippen LogP contribution is -2.36. The maximum absolute atomic E-state index is 11.5. The molecule has 0 saturated carbocycles. The number of benzene rings is 1. The van der Waals surface area contributed by atoms with E-state index >= 15 is 0 Å². The van der Waals surface area contributed by atoms with E-state index in [-0.39, 0.29) is 5.75 Å². The van der Waals surface area contributed by atoms with E-state index in [0.29, 0.717) is 12.2 Å². The van der Waals surface area contributed by atoms with Crippen LogP contribution < -0.4 is 16.0 Å². The number of nitrogens with one attached hydrogen (secondary N) is 3. The number of carbonyl (C=O) groups excluding carboxylic acids is 2. The first-order valence-corrected chi connectivity index (χ1v) is 5.66. The summed E-state index contributed by atoms with van der Waals surface area (Å²) in [6.45, 7) is 1.21. The van der Waals surface area contributed by atoms with Crippen molar-refractivity contribution in [2.24, 2.45) is 0 Å². The molecule has 0 aliphatic carbocycles. The van der Waals surface area contributed by atoms with Crippen LogP contribution in [0.25, 0.3) is 0 Å². The molecule has 0 bridgehead atoms. The van der Waals surface area contributed by atoms with Gasteiger partial charge in [0.1, 0.15) is 5.75 Å². The minimum atomic E-state index is -0.745. The van der Waals surface area contributed by atoms with Gasteiger partial charge in [-0.1, -0.05) is 6.07 Å². The van der Waals surface area contributed by atoms with Crippen molar-refractivity contribution in [3.63, 3.8) is 0 Å². The smallest absolute Gasteiger partial charge is 0.313 e. The van der Waals surface area contributed by atoms with E-state index in [1.165, 1.54) is 12.1 Å². The van der Waals surface area contributed by atoms with Crippen LogP contribution in [0.3, 0.4) is 0 Å². The van der Waals surface area contributed by atoms with E-state index in [2.05, 4.69) is 16.0 Å². The first-order chi connectivity index (χ1) is 8.63. The van der Waals surface area contributed by atoms with Crippen LogP contribution in [0, 0.1) is 0 Å². The van der Waals surface area contributed by atoms with Gasteiger partial charge < -0.3 is 21.1 Å². The highest BCUT2D eigenvalue weighted by atomic mass is 16.3. The molecule has 6 heteroatoms. The minimum Gasteiger partial charge on any atom is -0.508 e. The largest absolute Gasteiger partial charge is 0.508 e. The lowest BCUT2D eigenvalue weighted by atomic mass is 10.3. The standard InChI is InChI=1S/C12H17N3O3/c1-13-6-3-7-14-11(17)12(18)15-9-4-2-5-10(16)8-9/h2,4-5,8,13,16H,3,6-7H2,1H3,(H,14,17)(H,15,18). The van der Waals surface area contributed by atoms with Gasteiger partial charge >= 0.3 is 11.8 Å². The van der Waals surface area contributed by atoms with Crippen LogP contribution >= 0.6 is 0 Å². The fourth-order valence-corrected chi connectivity index (χ4v) is 1.32. The van der Waals surface area contributed by atoms with Gasteiger partial charge in [0, 0.05) is 18.3 Å². The molecule has 2 amide bonds. The van der Waals surface area contributed by atoms with Crippen molar-refractivity contribution in [2.75, 3.05) is 25.5 Å². The van der Waals surface area contributed by atoms with Crippen LogP contribution in [-0.4, -0.2) is 37.1 Å². The van der Waals surface area contributed by atoms with Crippen molar-refractivity contribution < 1.29 is 14.7 Å². The molecule has 1 aromatic rings. The van der Waals surface area contributed by atoms with E-state index in [4.69, 9.17) is 0 Å². The summed E-state index contributed by atoms with van der Waals surface area (Å²) in [6, 6.07) is 6.02. The Balaban J connectivity index is 2.38. The van der Waals surface area contributed by atoms with Gasteiger partial charge in [-0.2, -0.15) is 0 Å². The molecular weight excluding hydrogens is 234 g/mol. The average molecular weight is 251 g/mol. The third-order valence-electron chi connectivity index (χ3n) is 2.20. The number of aromatic hydroxyl groups is 1. The minimum absolute atomic E-state index is 0.0298. The van der Waals surface area contributed by atoms with Crippen molar-refractivity contribution in [2.45, 2.75) is 6.42 Å². The maximum Gasteiger partial charge on any atom is 0.313 e. The SMILES string of the molecule is CNCCCNC(=O)C(=O)Nc1cccc(O)c1. The summed E-state index contributed by atoms with van der Waals surface area (Å²) in [7, 11) is 1.82. The van der Waals surface area contributed by atoms with Crippen LogP contribution in [0.5, 0.6) is 5.75 Å². The Hall–Kier alpha value is -2.08. The van der Waals surface area contributed by atoms with Gasteiger partial charge in [0.2, 0.25) is 0 Å². The van der Waals surface area contributed by atoms with Crippen molar-refractivity contribution in [3.8, 4) is 5.75 Å². The summed E-state index contributed by atoms with van der Waals surface area (Å²) in [5.74, 6) is -1.40. The molecule has 6 nitrogen and oxygen atoms in total. The molecule has 18 heavy (non-hydrogen) atoms. The van der Waals surface area contributed by atoms with Crippen LogP contribution in [0.2, 0.25) is 0 Å². The maximum atomic E-state index is 11.5. The van der Waals surface area contributed by atoms with Gasteiger partial charge in [0.25, 0.3) is 0 Å². The summed E-state index contributed by atoms with van der Waals surface area (Å²) in [6.07, 6.45) is 0.752. The number of hydrogen-bond donors (Lipinski definition) is 4. The molecule has 0 fully saturated rings. The first-order valence-electron chi connectivity index (χ1n) is 5.66. The number of hydrogen-bond acceptors (Lipinski definition) is 4. The highest BCUT2D eigenvalue weighted by Crippen LogP contribution is 2.14. The zero-order valence-electron chi connectivity index (χ0n) is 10.2. The van der Waals surface area contributed by atoms with Gasteiger partial charge in [0.05, 0.1) is 0 Å². The molecular formula is C12H17N3O3. The van der Waals surface area contributed by atoms with Crippen LogP contribution in [0.1, 0.15) is 6.42 Å². The first kappa shape index (κ1) is 14.0. The van der Waals surface area contributed by atoms with E-state index < -0.39 is 11.8 Å².